The number of nitrogens with one attached hydrogen (secondary N) is 1. The van der Waals surface area contributed by atoms with Crippen LogP contribution in [0.1, 0.15) is 11.1 Å². The number of benzene rings is 2. The Bertz CT molecular complexity index is 829. The zero-order chi connectivity index (χ0) is 15.5. The van der Waals surface area contributed by atoms with Crippen molar-refractivity contribution in [1.82, 2.24) is 8.75 Å². The van der Waals surface area contributed by atoms with Gasteiger partial charge in [0.05, 0.1) is 17.4 Å². The van der Waals surface area contributed by atoms with Gasteiger partial charge in [-0.15, -0.1) is 0 Å². The van der Waals surface area contributed by atoms with Crippen LogP contribution in [0.3, 0.4) is 0 Å². The molecule has 3 rings (SSSR count). The zero-order valence-electron chi connectivity index (χ0n) is 12.3. The minimum atomic E-state index is -0.216. The monoisotopic (exact) mass is 313 g/mol. The lowest BCUT2D eigenvalue weighted by Crippen LogP contribution is -2.21. The summed E-state index contributed by atoms with van der Waals surface area (Å²) < 4.78 is 14.0. The Morgan fingerprint density at radius 2 is 1.95 bits per heavy atom. The van der Waals surface area contributed by atoms with Gasteiger partial charge in [0, 0.05) is 0 Å². The maximum atomic E-state index is 12.1. The molecular weight excluding hydrogens is 298 g/mol. The van der Waals surface area contributed by atoms with E-state index in [9.17, 15) is 4.79 Å². The summed E-state index contributed by atoms with van der Waals surface area (Å²) in [6, 6.07) is 11.4. The highest BCUT2D eigenvalue weighted by Crippen LogP contribution is 2.25. The molecule has 0 saturated carbocycles. The van der Waals surface area contributed by atoms with E-state index >= 15 is 0 Å². The van der Waals surface area contributed by atoms with Crippen molar-refractivity contribution in [2.24, 2.45) is 0 Å². The molecule has 5 nitrogen and oxygen atoms in total. The van der Waals surface area contributed by atoms with Crippen LogP contribution in [0, 0.1) is 13.8 Å². The third-order valence-corrected chi connectivity index (χ3v) is 3.90. The van der Waals surface area contributed by atoms with Crippen molar-refractivity contribution >= 4 is 34.4 Å². The molecule has 3 aromatic rings. The van der Waals surface area contributed by atoms with Gasteiger partial charge in [0.15, 0.2) is 6.61 Å². The molecular formula is C16H15N3O2S. The number of rotatable bonds is 4. The molecule has 1 heterocycles. The minimum Gasteiger partial charge on any atom is -0.483 e. The van der Waals surface area contributed by atoms with Crippen LogP contribution in [0.25, 0.3) is 11.0 Å². The SMILES string of the molecule is Cc1ccccc1OCC(=O)Nc1c(C)ccc2nsnc12. The number of carbonyl (C=O) groups excluding carboxylic acids is 1. The summed E-state index contributed by atoms with van der Waals surface area (Å²) in [6.45, 7) is 3.83. The molecule has 1 aromatic heterocycles. The van der Waals surface area contributed by atoms with Crippen LogP contribution < -0.4 is 10.1 Å². The summed E-state index contributed by atoms with van der Waals surface area (Å²) in [4.78, 5) is 12.1. The number of hydrogen-bond acceptors (Lipinski definition) is 5. The summed E-state index contributed by atoms with van der Waals surface area (Å²) in [5, 5.41) is 2.87. The molecule has 0 radical (unpaired) electrons. The van der Waals surface area contributed by atoms with Crippen molar-refractivity contribution < 1.29 is 9.53 Å². The molecule has 112 valence electrons. The molecule has 6 heteroatoms. The van der Waals surface area contributed by atoms with Crippen LogP contribution in [0.5, 0.6) is 5.75 Å². The number of fused-ring (bicyclic) bond motifs is 1. The van der Waals surface area contributed by atoms with Crippen LogP contribution in [0.4, 0.5) is 5.69 Å². The Labute approximate surface area is 132 Å². The second-order valence-electron chi connectivity index (χ2n) is 4.99. The van der Waals surface area contributed by atoms with Gasteiger partial charge in [-0.25, -0.2) is 0 Å². The minimum absolute atomic E-state index is 0.0434. The molecule has 0 spiro atoms. The van der Waals surface area contributed by atoms with Crippen LogP contribution in [-0.2, 0) is 4.79 Å². The van der Waals surface area contributed by atoms with E-state index in [1.807, 2.05) is 50.2 Å². The van der Waals surface area contributed by atoms with Crippen LogP contribution in [0.15, 0.2) is 36.4 Å². The lowest BCUT2D eigenvalue weighted by Gasteiger charge is -2.11. The van der Waals surface area contributed by atoms with Crippen molar-refractivity contribution in [3.05, 3.63) is 47.5 Å². The lowest BCUT2D eigenvalue weighted by molar-refractivity contribution is -0.118. The smallest absolute Gasteiger partial charge is 0.262 e. The first-order valence-electron chi connectivity index (χ1n) is 6.85. The molecule has 2 aromatic carbocycles. The summed E-state index contributed by atoms with van der Waals surface area (Å²) in [7, 11) is 0. The van der Waals surface area contributed by atoms with Crippen molar-refractivity contribution in [3.8, 4) is 5.75 Å². The first kappa shape index (κ1) is 14.5. The van der Waals surface area contributed by atoms with E-state index in [0.29, 0.717) is 17.0 Å². The van der Waals surface area contributed by atoms with Gasteiger partial charge < -0.3 is 10.1 Å². The average molecular weight is 313 g/mol. The van der Waals surface area contributed by atoms with E-state index in [2.05, 4.69) is 14.1 Å². The Balaban J connectivity index is 1.72. The average Bonchev–Trinajstić information content (AvgIpc) is 2.98. The fourth-order valence-electron chi connectivity index (χ4n) is 2.15. The standard InChI is InChI=1S/C16H15N3O2S/c1-10-5-3-4-6-13(10)21-9-14(20)17-15-11(2)7-8-12-16(15)19-22-18-12/h3-8H,9H2,1-2H3,(H,17,20). The quantitative estimate of drug-likeness (QED) is 0.802. The lowest BCUT2D eigenvalue weighted by atomic mass is 10.1. The van der Waals surface area contributed by atoms with E-state index in [-0.39, 0.29) is 12.5 Å². The third kappa shape index (κ3) is 2.92. The molecule has 0 aliphatic heterocycles. The van der Waals surface area contributed by atoms with Gasteiger partial charge in [0.25, 0.3) is 5.91 Å². The van der Waals surface area contributed by atoms with Gasteiger partial charge in [0.2, 0.25) is 0 Å². The highest BCUT2D eigenvalue weighted by molar-refractivity contribution is 7.00. The molecule has 22 heavy (non-hydrogen) atoms. The molecule has 0 bridgehead atoms. The number of ether oxygens (including phenoxy) is 1. The summed E-state index contributed by atoms with van der Waals surface area (Å²) in [5.74, 6) is 0.495. The number of aryl methyl sites for hydroxylation is 2. The zero-order valence-corrected chi connectivity index (χ0v) is 13.1. The van der Waals surface area contributed by atoms with E-state index < -0.39 is 0 Å². The Kier molecular flexibility index (Phi) is 4.02. The number of carbonyl (C=O) groups is 1. The van der Waals surface area contributed by atoms with Crippen molar-refractivity contribution in [1.29, 1.82) is 0 Å². The summed E-state index contributed by atoms with van der Waals surface area (Å²) in [5.41, 5.74) is 4.14. The molecule has 1 N–H and O–H groups in total. The summed E-state index contributed by atoms with van der Waals surface area (Å²) >= 11 is 1.13. The maximum absolute atomic E-state index is 12.1. The van der Waals surface area contributed by atoms with E-state index in [1.54, 1.807) is 0 Å². The van der Waals surface area contributed by atoms with E-state index in [1.165, 1.54) is 0 Å². The second-order valence-corrected chi connectivity index (χ2v) is 5.52. The van der Waals surface area contributed by atoms with E-state index in [0.717, 1.165) is 28.4 Å². The van der Waals surface area contributed by atoms with Crippen molar-refractivity contribution in [2.75, 3.05) is 11.9 Å². The van der Waals surface area contributed by atoms with Crippen molar-refractivity contribution in [2.45, 2.75) is 13.8 Å². The van der Waals surface area contributed by atoms with Gasteiger partial charge >= 0.3 is 0 Å². The number of anilines is 1. The van der Waals surface area contributed by atoms with Crippen molar-refractivity contribution in [3.63, 3.8) is 0 Å². The highest BCUT2D eigenvalue weighted by atomic mass is 32.1. The first-order valence-corrected chi connectivity index (χ1v) is 7.58. The number of hydrogen-bond donors (Lipinski definition) is 1. The predicted molar refractivity (Wildman–Crippen MR) is 87.5 cm³/mol. The molecule has 0 fully saturated rings. The molecule has 0 unspecified atom stereocenters. The largest absolute Gasteiger partial charge is 0.483 e. The fraction of sp³-hybridized carbons (Fsp3) is 0.188. The maximum Gasteiger partial charge on any atom is 0.262 e. The Morgan fingerprint density at radius 1 is 1.14 bits per heavy atom. The first-order chi connectivity index (χ1) is 10.6. The molecule has 0 saturated heterocycles. The van der Waals surface area contributed by atoms with Crippen LogP contribution in [-0.4, -0.2) is 21.3 Å². The topological polar surface area (TPSA) is 64.1 Å². The Morgan fingerprint density at radius 3 is 2.77 bits per heavy atom. The molecule has 0 aliphatic carbocycles. The van der Waals surface area contributed by atoms with Gasteiger partial charge in [0.1, 0.15) is 16.8 Å². The van der Waals surface area contributed by atoms with E-state index in [4.69, 9.17) is 4.74 Å². The van der Waals surface area contributed by atoms with Gasteiger partial charge in [-0.05, 0) is 37.1 Å². The van der Waals surface area contributed by atoms with Gasteiger partial charge in [-0.2, -0.15) is 8.75 Å². The summed E-state index contributed by atoms with van der Waals surface area (Å²) in [6.07, 6.45) is 0. The van der Waals surface area contributed by atoms with Crippen LogP contribution >= 0.6 is 11.7 Å². The second kappa shape index (κ2) is 6.11. The third-order valence-electron chi connectivity index (χ3n) is 3.35. The molecule has 1 amide bonds. The number of aromatic nitrogens is 2. The van der Waals surface area contributed by atoms with Gasteiger partial charge in [-0.1, -0.05) is 24.3 Å². The number of amides is 1. The molecule has 0 atom stereocenters. The van der Waals surface area contributed by atoms with Crippen LogP contribution in [0.2, 0.25) is 0 Å². The fourth-order valence-corrected chi connectivity index (χ4v) is 2.69. The Hall–Kier alpha value is -2.47. The van der Waals surface area contributed by atoms with Gasteiger partial charge in [-0.3, -0.25) is 4.79 Å². The number of nitrogens with zero attached hydrogens (tertiary/aromatic N) is 2. The predicted octanol–water partition coefficient (Wildman–Crippen LogP) is 3.33. The number of para-hydroxylation sites is 1. The molecule has 0 aliphatic rings. The normalized spacial score (nSPS) is 10.6. The highest BCUT2D eigenvalue weighted by Gasteiger charge is 2.12.